The highest BCUT2D eigenvalue weighted by Gasteiger charge is 2.16. The molecule has 0 saturated heterocycles. The zero-order valence-corrected chi connectivity index (χ0v) is 8.92. The van der Waals surface area contributed by atoms with Gasteiger partial charge in [0.2, 0.25) is 0 Å². The van der Waals surface area contributed by atoms with Crippen molar-refractivity contribution >= 4 is 26.0 Å². The molecule has 9 heteroatoms. The van der Waals surface area contributed by atoms with Gasteiger partial charge in [-0.25, -0.2) is 5.14 Å². The van der Waals surface area contributed by atoms with Crippen LogP contribution in [-0.2, 0) is 20.3 Å². The molecule has 0 amide bonds. The Labute approximate surface area is 86.8 Å². The van der Waals surface area contributed by atoms with E-state index in [0.717, 1.165) is 12.1 Å². The Morgan fingerprint density at radius 3 is 2.13 bits per heavy atom. The number of para-hydroxylation sites is 1. The lowest BCUT2D eigenvalue weighted by molar-refractivity contribution is 0.483. The maximum absolute atomic E-state index is 10.8. The van der Waals surface area contributed by atoms with Gasteiger partial charge < -0.3 is 0 Å². The summed E-state index contributed by atoms with van der Waals surface area (Å²) < 4.78 is 53.5. The molecule has 0 atom stereocenters. The monoisotopic (exact) mass is 252 g/mol. The number of hydrogen-bond donors (Lipinski definition) is 3. The lowest BCUT2D eigenvalue weighted by Crippen LogP contribution is -2.22. The molecule has 15 heavy (non-hydrogen) atoms. The summed E-state index contributed by atoms with van der Waals surface area (Å²) in [4.78, 5) is -0.556. The molecule has 0 unspecified atom stereocenters. The van der Waals surface area contributed by atoms with Gasteiger partial charge in [-0.05, 0) is 12.1 Å². The van der Waals surface area contributed by atoms with E-state index in [1.165, 1.54) is 12.1 Å². The quantitative estimate of drug-likeness (QED) is 0.628. The van der Waals surface area contributed by atoms with E-state index in [1.807, 2.05) is 0 Å². The van der Waals surface area contributed by atoms with E-state index in [2.05, 4.69) is 5.14 Å². The van der Waals surface area contributed by atoms with Gasteiger partial charge in [0.05, 0.1) is 5.69 Å². The largest absolute Gasteiger partial charge is 0.296 e. The Morgan fingerprint density at radius 2 is 1.67 bits per heavy atom. The predicted octanol–water partition coefficient (Wildman–Crippen LogP) is -0.451. The summed E-state index contributed by atoms with van der Waals surface area (Å²) in [7, 11) is -8.57. The van der Waals surface area contributed by atoms with Crippen LogP contribution in [0.1, 0.15) is 0 Å². The Morgan fingerprint density at radius 1 is 1.13 bits per heavy atom. The van der Waals surface area contributed by atoms with Crippen molar-refractivity contribution < 1.29 is 21.4 Å². The third-order valence-electron chi connectivity index (χ3n) is 1.42. The average Bonchev–Trinajstić information content (AvgIpc) is 1.99. The van der Waals surface area contributed by atoms with Crippen LogP contribution in [0.2, 0.25) is 0 Å². The zero-order chi connectivity index (χ0) is 11.7. The SMILES string of the molecule is NS(=O)(=O)Nc1ccccc1S(=O)(=O)O. The maximum Gasteiger partial charge on any atom is 0.296 e. The van der Waals surface area contributed by atoms with E-state index in [4.69, 9.17) is 4.55 Å². The van der Waals surface area contributed by atoms with Crippen LogP contribution < -0.4 is 9.86 Å². The fraction of sp³-hybridized carbons (Fsp3) is 0. The van der Waals surface area contributed by atoms with Crippen LogP contribution in [0.3, 0.4) is 0 Å². The second-order valence-electron chi connectivity index (χ2n) is 2.62. The molecule has 4 N–H and O–H groups in total. The molecular formula is C6H8N2O5S2. The molecule has 0 spiro atoms. The summed E-state index contributed by atoms with van der Waals surface area (Å²) in [5, 5.41) is 4.66. The van der Waals surface area contributed by atoms with E-state index in [1.54, 1.807) is 4.72 Å². The Bertz CT molecular complexity index is 563. The highest BCUT2D eigenvalue weighted by atomic mass is 32.2. The van der Waals surface area contributed by atoms with Gasteiger partial charge in [0.1, 0.15) is 4.90 Å². The lowest BCUT2D eigenvalue weighted by Gasteiger charge is -2.07. The van der Waals surface area contributed by atoms with Gasteiger partial charge >= 0.3 is 0 Å². The first kappa shape index (κ1) is 11.9. The van der Waals surface area contributed by atoms with E-state index in [0.29, 0.717) is 0 Å². The molecule has 0 fully saturated rings. The third kappa shape index (κ3) is 3.47. The Hall–Kier alpha value is -1.16. The van der Waals surface area contributed by atoms with Crippen molar-refractivity contribution in [2.24, 2.45) is 5.14 Å². The number of anilines is 1. The van der Waals surface area contributed by atoms with Gasteiger partial charge in [-0.1, -0.05) is 12.1 Å². The first-order chi connectivity index (χ1) is 6.70. The highest BCUT2D eigenvalue weighted by molar-refractivity contribution is 7.90. The third-order valence-corrected chi connectivity index (χ3v) is 2.83. The fourth-order valence-electron chi connectivity index (χ4n) is 0.929. The van der Waals surface area contributed by atoms with Crippen LogP contribution in [-0.4, -0.2) is 21.4 Å². The summed E-state index contributed by atoms with van der Waals surface area (Å²) >= 11 is 0. The minimum absolute atomic E-state index is 0.303. The van der Waals surface area contributed by atoms with Crippen molar-refractivity contribution in [1.82, 2.24) is 0 Å². The zero-order valence-electron chi connectivity index (χ0n) is 7.28. The molecule has 0 aliphatic carbocycles. The minimum atomic E-state index is -4.49. The minimum Gasteiger partial charge on any atom is -0.282 e. The first-order valence-corrected chi connectivity index (χ1v) is 6.56. The molecule has 84 valence electrons. The molecular weight excluding hydrogens is 244 g/mol. The van der Waals surface area contributed by atoms with Crippen LogP contribution in [0.15, 0.2) is 29.2 Å². The second-order valence-corrected chi connectivity index (χ2v) is 5.30. The van der Waals surface area contributed by atoms with E-state index < -0.39 is 25.2 Å². The molecule has 0 saturated carbocycles. The molecule has 1 aromatic rings. The van der Waals surface area contributed by atoms with Crippen LogP contribution in [0.25, 0.3) is 0 Å². The van der Waals surface area contributed by atoms with Crippen molar-refractivity contribution in [3.8, 4) is 0 Å². The van der Waals surface area contributed by atoms with E-state index >= 15 is 0 Å². The molecule has 0 aliphatic heterocycles. The Kier molecular flexibility index (Phi) is 3.00. The van der Waals surface area contributed by atoms with Gasteiger partial charge in [0, 0.05) is 0 Å². The number of rotatable bonds is 3. The van der Waals surface area contributed by atoms with Gasteiger partial charge in [-0.15, -0.1) is 0 Å². The topological polar surface area (TPSA) is 127 Å². The predicted molar refractivity (Wildman–Crippen MR) is 53.0 cm³/mol. The van der Waals surface area contributed by atoms with Gasteiger partial charge in [0.25, 0.3) is 20.3 Å². The molecule has 7 nitrogen and oxygen atoms in total. The lowest BCUT2D eigenvalue weighted by atomic mass is 10.3. The van der Waals surface area contributed by atoms with E-state index in [9.17, 15) is 16.8 Å². The van der Waals surface area contributed by atoms with Crippen molar-refractivity contribution in [2.45, 2.75) is 4.90 Å². The van der Waals surface area contributed by atoms with Crippen molar-refractivity contribution in [2.75, 3.05) is 4.72 Å². The first-order valence-electron chi connectivity index (χ1n) is 3.57. The molecule has 0 bridgehead atoms. The second kappa shape index (κ2) is 3.77. The smallest absolute Gasteiger partial charge is 0.282 e. The number of nitrogens with two attached hydrogens (primary N) is 1. The van der Waals surface area contributed by atoms with Gasteiger partial charge in [-0.3, -0.25) is 9.27 Å². The van der Waals surface area contributed by atoms with E-state index in [-0.39, 0.29) is 5.69 Å². The van der Waals surface area contributed by atoms with Crippen molar-refractivity contribution in [3.63, 3.8) is 0 Å². The number of benzene rings is 1. The molecule has 0 radical (unpaired) electrons. The van der Waals surface area contributed by atoms with Gasteiger partial charge in [0.15, 0.2) is 0 Å². The van der Waals surface area contributed by atoms with Crippen LogP contribution in [0.4, 0.5) is 5.69 Å². The van der Waals surface area contributed by atoms with Crippen LogP contribution in [0.5, 0.6) is 0 Å². The maximum atomic E-state index is 10.8. The van der Waals surface area contributed by atoms with Crippen LogP contribution >= 0.6 is 0 Å². The summed E-state index contributed by atoms with van der Waals surface area (Å²) in [5.41, 5.74) is -0.303. The average molecular weight is 252 g/mol. The number of hydrogen-bond acceptors (Lipinski definition) is 4. The highest BCUT2D eigenvalue weighted by Crippen LogP contribution is 2.20. The summed E-state index contributed by atoms with van der Waals surface area (Å²) in [6.07, 6.45) is 0. The van der Waals surface area contributed by atoms with Crippen LogP contribution in [0, 0.1) is 0 Å². The fourth-order valence-corrected chi connectivity index (χ4v) is 2.13. The van der Waals surface area contributed by atoms with Crippen molar-refractivity contribution in [3.05, 3.63) is 24.3 Å². The molecule has 0 heterocycles. The molecule has 0 aliphatic rings. The molecule has 0 aromatic heterocycles. The Balaban J connectivity index is 3.32. The number of nitrogens with one attached hydrogen (secondary N) is 1. The molecule has 1 rings (SSSR count). The van der Waals surface area contributed by atoms with Crippen molar-refractivity contribution in [1.29, 1.82) is 0 Å². The summed E-state index contributed by atoms with van der Waals surface area (Å²) in [6.45, 7) is 0. The van der Waals surface area contributed by atoms with Gasteiger partial charge in [-0.2, -0.15) is 16.8 Å². The molecule has 1 aromatic carbocycles. The summed E-state index contributed by atoms with van der Waals surface area (Å²) in [6, 6.07) is 4.93. The normalized spacial score (nSPS) is 12.4. The summed E-state index contributed by atoms with van der Waals surface area (Å²) in [5.74, 6) is 0. The standard InChI is InChI=1S/C6H8N2O5S2/c7-15(12,13)8-5-3-1-2-4-6(5)14(9,10)11/h1-4,8H,(H2,7,12,13)(H,9,10,11).